The van der Waals surface area contributed by atoms with E-state index in [2.05, 4.69) is 4.99 Å². The number of rotatable bonds is 6. The number of aliphatic hydroxyl groups excluding tert-OH is 1. The van der Waals surface area contributed by atoms with Gasteiger partial charge in [-0.3, -0.25) is 0 Å². The summed E-state index contributed by atoms with van der Waals surface area (Å²) in [4.78, 5) is 14.8. The van der Waals surface area contributed by atoms with Crippen molar-refractivity contribution in [3.63, 3.8) is 0 Å². The zero-order valence-corrected chi connectivity index (χ0v) is 11.1. The van der Waals surface area contributed by atoms with Gasteiger partial charge in [0.15, 0.2) is 5.90 Å². The first kappa shape index (κ1) is 13.7. The van der Waals surface area contributed by atoms with Crippen molar-refractivity contribution in [2.75, 3.05) is 13.2 Å². The molecule has 1 aliphatic rings. The number of ether oxygens (including phenoxy) is 1. The maximum Gasteiger partial charge on any atom is 0.180 e. The van der Waals surface area contributed by atoms with Gasteiger partial charge < -0.3 is 14.6 Å². The number of benzene rings is 1. The molecule has 1 unspecified atom stereocenters. The van der Waals surface area contributed by atoms with Crippen LogP contribution in [0.5, 0.6) is 0 Å². The molecule has 0 radical (unpaired) electrons. The standard InChI is InChI=1S/C15H19NO3/c1-12-16-15(10-18,11-19-12)8-6-13-2-4-14(5-3-13)7-9-17/h2-5,9,18H,6-8,10-11H2,1H3. The van der Waals surface area contributed by atoms with Gasteiger partial charge in [-0.15, -0.1) is 0 Å². The lowest BCUT2D eigenvalue weighted by atomic mass is 9.93. The van der Waals surface area contributed by atoms with Crippen molar-refractivity contribution in [2.45, 2.75) is 31.7 Å². The lowest BCUT2D eigenvalue weighted by Crippen LogP contribution is -2.33. The third-order valence-corrected chi connectivity index (χ3v) is 3.46. The Kier molecular flexibility index (Phi) is 4.32. The summed E-state index contributed by atoms with van der Waals surface area (Å²) in [5.74, 6) is 0.649. The third kappa shape index (κ3) is 3.41. The molecule has 0 aliphatic carbocycles. The van der Waals surface area contributed by atoms with Gasteiger partial charge in [0.1, 0.15) is 18.4 Å². The quantitative estimate of drug-likeness (QED) is 0.790. The van der Waals surface area contributed by atoms with Crippen molar-refractivity contribution >= 4 is 12.2 Å². The molecule has 2 rings (SSSR count). The molecule has 1 aromatic carbocycles. The number of aldehydes is 1. The van der Waals surface area contributed by atoms with Crippen molar-refractivity contribution in [3.8, 4) is 0 Å². The van der Waals surface area contributed by atoms with Crippen molar-refractivity contribution in [3.05, 3.63) is 35.4 Å². The molecule has 0 bridgehead atoms. The van der Waals surface area contributed by atoms with Crippen LogP contribution in [0.25, 0.3) is 0 Å². The Morgan fingerprint density at radius 2 is 2.05 bits per heavy atom. The van der Waals surface area contributed by atoms with Crippen molar-refractivity contribution in [1.82, 2.24) is 0 Å². The molecule has 0 spiro atoms. The molecule has 1 heterocycles. The first-order chi connectivity index (χ1) is 9.17. The van der Waals surface area contributed by atoms with Crippen LogP contribution in [-0.2, 0) is 22.4 Å². The number of carbonyl (C=O) groups excluding carboxylic acids is 1. The molecule has 0 amide bonds. The number of aliphatic imine (C=N–C) groups is 1. The summed E-state index contributed by atoms with van der Waals surface area (Å²) in [6.07, 6.45) is 2.96. The summed E-state index contributed by atoms with van der Waals surface area (Å²) >= 11 is 0. The van der Waals surface area contributed by atoms with E-state index in [0.29, 0.717) is 18.9 Å². The SMILES string of the molecule is CC1=NC(CO)(CCc2ccc(CC=O)cc2)CO1. The summed E-state index contributed by atoms with van der Waals surface area (Å²) in [7, 11) is 0. The molecule has 4 heteroatoms. The predicted molar refractivity (Wildman–Crippen MR) is 73.4 cm³/mol. The van der Waals surface area contributed by atoms with E-state index in [1.807, 2.05) is 31.2 Å². The van der Waals surface area contributed by atoms with Crippen molar-refractivity contribution < 1.29 is 14.6 Å². The predicted octanol–water partition coefficient (Wildman–Crippen LogP) is 1.54. The Morgan fingerprint density at radius 3 is 2.58 bits per heavy atom. The fourth-order valence-electron chi connectivity index (χ4n) is 2.24. The number of carbonyl (C=O) groups is 1. The second-order valence-corrected chi connectivity index (χ2v) is 4.99. The molecular formula is C15H19NO3. The Bertz CT molecular complexity index is 467. The highest BCUT2D eigenvalue weighted by atomic mass is 16.5. The minimum atomic E-state index is -0.481. The van der Waals surface area contributed by atoms with Gasteiger partial charge in [0, 0.05) is 13.3 Å². The summed E-state index contributed by atoms with van der Waals surface area (Å²) < 4.78 is 5.35. The minimum Gasteiger partial charge on any atom is -0.479 e. The van der Waals surface area contributed by atoms with Crippen LogP contribution in [0.3, 0.4) is 0 Å². The van der Waals surface area contributed by atoms with Gasteiger partial charge in [-0.1, -0.05) is 24.3 Å². The maximum atomic E-state index is 10.4. The summed E-state index contributed by atoms with van der Waals surface area (Å²) in [6, 6.07) is 7.98. The average Bonchev–Trinajstić information content (AvgIpc) is 2.81. The smallest absolute Gasteiger partial charge is 0.180 e. The van der Waals surface area contributed by atoms with Gasteiger partial charge >= 0.3 is 0 Å². The fourth-order valence-corrected chi connectivity index (χ4v) is 2.24. The first-order valence-electron chi connectivity index (χ1n) is 6.49. The topological polar surface area (TPSA) is 58.9 Å². The average molecular weight is 261 g/mol. The number of aryl methyl sites for hydroxylation is 1. The molecule has 19 heavy (non-hydrogen) atoms. The Morgan fingerprint density at radius 1 is 1.37 bits per heavy atom. The van der Waals surface area contributed by atoms with Crippen molar-refractivity contribution in [1.29, 1.82) is 0 Å². The van der Waals surface area contributed by atoms with Gasteiger partial charge in [0.05, 0.1) is 6.61 Å². The highest BCUT2D eigenvalue weighted by Gasteiger charge is 2.34. The molecule has 0 fully saturated rings. The number of hydrogen-bond donors (Lipinski definition) is 1. The molecular weight excluding hydrogens is 242 g/mol. The van der Waals surface area contributed by atoms with E-state index in [-0.39, 0.29) is 6.61 Å². The van der Waals surface area contributed by atoms with Crippen LogP contribution < -0.4 is 0 Å². The van der Waals surface area contributed by atoms with Gasteiger partial charge in [0.2, 0.25) is 0 Å². The molecule has 1 aromatic rings. The lowest BCUT2D eigenvalue weighted by Gasteiger charge is -2.21. The molecule has 4 nitrogen and oxygen atoms in total. The van der Waals surface area contributed by atoms with E-state index in [1.54, 1.807) is 0 Å². The van der Waals surface area contributed by atoms with Crippen LogP contribution in [0.4, 0.5) is 0 Å². The number of hydrogen-bond acceptors (Lipinski definition) is 4. The van der Waals surface area contributed by atoms with E-state index in [1.165, 1.54) is 5.56 Å². The Labute approximate surface area is 113 Å². The Hall–Kier alpha value is -1.68. The van der Waals surface area contributed by atoms with E-state index >= 15 is 0 Å². The number of nitrogens with zero attached hydrogens (tertiary/aromatic N) is 1. The molecule has 1 N–H and O–H groups in total. The van der Waals surface area contributed by atoms with E-state index < -0.39 is 5.54 Å². The normalized spacial score (nSPS) is 21.9. The zero-order chi connectivity index (χ0) is 13.7. The van der Waals surface area contributed by atoms with Crippen LogP contribution in [0, 0.1) is 0 Å². The van der Waals surface area contributed by atoms with Crippen LogP contribution in [0.2, 0.25) is 0 Å². The highest BCUT2D eigenvalue weighted by Crippen LogP contribution is 2.24. The van der Waals surface area contributed by atoms with Crippen molar-refractivity contribution in [2.24, 2.45) is 4.99 Å². The van der Waals surface area contributed by atoms with Gasteiger partial charge in [-0.05, 0) is 24.0 Å². The molecule has 0 saturated carbocycles. The van der Waals surface area contributed by atoms with Crippen LogP contribution >= 0.6 is 0 Å². The minimum absolute atomic E-state index is 0.00751. The molecule has 1 atom stereocenters. The fraction of sp³-hybridized carbons (Fsp3) is 0.467. The summed E-state index contributed by atoms with van der Waals surface area (Å²) in [5, 5.41) is 9.50. The first-order valence-corrected chi connectivity index (χ1v) is 6.49. The molecule has 0 aromatic heterocycles. The zero-order valence-electron chi connectivity index (χ0n) is 11.1. The van der Waals surface area contributed by atoms with E-state index in [9.17, 15) is 9.90 Å². The van der Waals surface area contributed by atoms with Gasteiger partial charge in [0.25, 0.3) is 0 Å². The second kappa shape index (κ2) is 5.97. The third-order valence-electron chi connectivity index (χ3n) is 3.46. The molecule has 0 saturated heterocycles. The second-order valence-electron chi connectivity index (χ2n) is 4.99. The van der Waals surface area contributed by atoms with Crippen LogP contribution in [0.1, 0.15) is 24.5 Å². The van der Waals surface area contributed by atoms with Gasteiger partial charge in [-0.25, -0.2) is 4.99 Å². The monoisotopic (exact) mass is 261 g/mol. The summed E-state index contributed by atoms with van der Waals surface area (Å²) in [6.45, 7) is 2.28. The Balaban J connectivity index is 1.96. The molecule has 102 valence electrons. The van der Waals surface area contributed by atoms with E-state index in [4.69, 9.17) is 4.74 Å². The lowest BCUT2D eigenvalue weighted by molar-refractivity contribution is -0.107. The van der Waals surface area contributed by atoms with E-state index in [0.717, 1.165) is 24.7 Å². The number of aliphatic hydroxyl groups is 1. The summed E-state index contributed by atoms with van der Waals surface area (Å²) in [5.41, 5.74) is 1.72. The largest absolute Gasteiger partial charge is 0.479 e. The van der Waals surface area contributed by atoms with Crippen LogP contribution in [-0.4, -0.2) is 36.0 Å². The highest BCUT2D eigenvalue weighted by molar-refractivity contribution is 5.75. The van der Waals surface area contributed by atoms with Crippen LogP contribution in [0.15, 0.2) is 29.3 Å². The van der Waals surface area contributed by atoms with Gasteiger partial charge in [-0.2, -0.15) is 0 Å². The molecule has 1 aliphatic heterocycles. The maximum absolute atomic E-state index is 10.4.